The third-order valence-corrected chi connectivity index (χ3v) is 4.59. The minimum atomic E-state index is -0.261. The summed E-state index contributed by atoms with van der Waals surface area (Å²) in [6, 6.07) is 7.82. The van der Waals surface area contributed by atoms with Crippen molar-refractivity contribution in [1.29, 1.82) is 0 Å². The number of nitrogens with zero attached hydrogens (tertiary/aromatic N) is 3. The normalized spacial score (nSPS) is 12.5. The number of rotatable bonds is 6. The monoisotopic (exact) mass is 328 g/mol. The van der Waals surface area contributed by atoms with Crippen LogP contribution in [0.4, 0.5) is 0 Å². The fourth-order valence-corrected chi connectivity index (χ4v) is 3.07. The Labute approximate surface area is 144 Å². The summed E-state index contributed by atoms with van der Waals surface area (Å²) in [6.45, 7) is 6.75. The molecule has 5 heteroatoms. The Balaban J connectivity index is 2.14. The lowest BCUT2D eigenvalue weighted by molar-refractivity contribution is -0.135. The first-order valence-electron chi connectivity index (χ1n) is 8.30. The molecule has 0 radical (unpaired) electrons. The number of carbonyl (C=O) groups is 1. The quantitative estimate of drug-likeness (QED) is 0.887. The fourth-order valence-electron chi connectivity index (χ4n) is 3.07. The summed E-state index contributed by atoms with van der Waals surface area (Å²) in [5.74, 6) is 0.119. The molecular weight excluding hydrogens is 300 g/mol. The van der Waals surface area contributed by atoms with Crippen molar-refractivity contribution in [3.8, 4) is 0 Å². The number of aromatic amines is 1. The van der Waals surface area contributed by atoms with Crippen molar-refractivity contribution >= 4 is 5.91 Å². The van der Waals surface area contributed by atoms with Gasteiger partial charge >= 0.3 is 0 Å². The summed E-state index contributed by atoms with van der Waals surface area (Å²) in [4.78, 5) is 16.8. The zero-order valence-electron chi connectivity index (χ0n) is 15.6. The number of aromatic nitrogens is 2. The SMILES string of the molecule is Cc1ccccc1[C@@H](C(=O)N(C)CCc1c(C)n[nH]c1C)N(C)C. The third-order valence-electron chi connectivity index (χ3n) is 4.59. The maximum absolute atomic E-state index is 13.0. The van der Waals surface area contributed by atoms with Crippen LogP contribution in [0.15, 0.2) is 24.3 Å². The van der Waals surface area contributed by atoms with Gasteiger partial charge in [0.1, 0.15) is 6.04 Å². The molecule has 0 aliphatic carbocycles. The van der Waals surface area contributed by atoms with Crippen LogP contribution in [0.3, 0.4) is 0 Å². The molecular formula is C19H28N4O. The average Bonchev–Trinajstić information content (AvgIpc) is 2.85. The predicted octanol–water partition coefficient (Wildman–Crippen LogP) is 2.64. The van der Waals surface area contributed by atoms with Crippen LogP contribution in [0.1, 0.15) is 34.1 Å². The van der Waals surface area contributed by atoms with Crippen LogP contribution in [0.5, 0.6) is 0 Å². The second-order valence-corrected chi connectivity index (χ2v) is 6.65. The van der Waals surface area contributed by atoms with Crippen LogP contribution in [0, 0.1) is 20.8 Å². The van der Waals surface area contributed by atoms with E-state index in [1.54, 1.807) is 0 Å². The molecule has 0 aliphatic heterocycles. The molecule has 24 heavy (non-hydrogen) atoms. The van der Waals surface area contributed by atoms with Gasteiger partial charge in [0.25, 0.3) is 0 Å². The van der Waals surface area contributed by atoms with Gasteiger partial charge in [-0.05, 0) is 58.0 Å². The van der Waals surface area contributed by atoms with Crippen LogP contribution in [0.25, 0.3) is 0 Å². The summed E-state index contributed by atoms with van der Waals surface area (Å²) in [5, 5.41) is 7.23. The largest absolute Gasteiger partial charge is 0.344 e. The van der Waals surface area contributed by atoms with E-state index in [9.17, 15) is 4.79 Å². The Morgan fingerprint density at radius 2 is 1.83 bits per heavy atom. The highest BCUT2D eigenvalue weighted by molar-refractivity contribution is 5.83. The summed E-state index contributed by atoms with van der Waals surface area (Å²) >= 11 is 0. The van der Waals surface area contributed by atoms with Crippen LogP contribution in [-0.4, -0.2) is 53.6 Å². The molecule has 1 heterocycles. The van der Waals surface area contributed by atoms with Gasteiger partial charge < -0.3 is 4.90 Å². The molecule has 1 aromatic carbocycles. The maximum atomic E-state index is 13.0. The predicted molar refractivity (Wildman–Crippen MR) is 97.0 cm³/mol. The molecule has 130 valence electrons. The minimum Gasteiger partial charge on any atom is -0.344 e. The first-order chi connectivity index (χ1) is 11.3. The average molecular weight is 328 g/mol. The first kappa shape index (κ1) is 18.2. The number of carbonyl (C=O) groups excluding carboxylic acids is 1. The number of likely N-dealkylation sites (N-methyl/N-ethyl adjacent to an activating group) is 2. The standard InChI is InChI=1S/C19H28N4O/c1-13-9-7-8-10-16(13)18(22(4)5)19(24)23(6)12-11-17-14(2)20-21-15(17)3/h7-10,18H,11-12H2,1-6H3,(H,20,21)/t18-/m0/s1. The highest BCUT2D eigenvalue weighted by Gasteiger charge is 2.27. The van der Waals surface area contributed by atoms with Crippen LogP contribution < -0.4 is 0 Å². The highest BCUT2D eigenvalue weighted by Crippen LogP contribution is 2.24. The topological polar surface area (TPSA) is 52.2 Å². The van der Waals surface area contributed by atoms with Crippen molar-refractivity contribution in [2.75, 3.05) is 27.7 Å². The Bertz CT molecular complexity index is 686. The molecule has 1 atom stereocenters. The van der Waals surface area contributed by atoms with E-state index in [0.717, 1.165) is 28.9 Å². The van der Waals surface area contributed by atoms with Gasteiger partial charge in [-0.25, -0.2) is 0 Å². The van der Waals surface area contributed by atoms with Gasteiger partial charge in [0.05, 0.1) is 5.69 Å². The van der Waals surface area contributed by atoms with E-state index >= 15 is 0 Å². The Kier molecular flexibility index (Phi) is 5.78. The van der Waals surface area contributed by atoms with Gasteiger partial charge in [-0.15, -0.1) is 0 Å². The second-order valence-electron chi connectivity index (χ2n) is 6.65. The molecule has 1 amide bonds. The van der Waals surface area contributed by atoms with Crippen molar-refractivity contribution in [3.63, 3.8) is 0 Å². The number of amides is 1. The minimum absolute atomic E-state index is 0.119. The highest BCUT2D eigenvalue weighted by atomic mass is 16.2. The van der Waals surface area contributed by atoms with Gasteiger partial charge in [-0.2, -0.15) is 5.10 Å². The van der Waals surface area contributed by atoms with Crippen LogP contribution in [0.2, 0.25) is 0 Å². The number of hydrogen-bond acceptors (Lipinski definition) is 3. The molecule has 0 bridgehead atoms. The lowest BCUT2D eigenvalue weighted by Crippen LogP contribution is -2.39. The number of benzene rings is 1. The van der Waals surface area contributed by atoms with E-state index < -0.39 is 0 Å². The van der Waals surface area contributed by atoms with E-state index in [1.165, 1.54) is 5.56 Å². The zero-order chi connectivity index (χ0) is 17.9. The van der Waals surface area contributed by atoms with E-state index in [0.29, 0.717) is 6.54 Å². The van der Waals surface area contributed by atoms with Crippen molar-refractivity contribution in [2.24, 2.45) is 0 Å². The number of hydrogen-bond donors (Lipinski definition) is 1. The van der Waals surface area contributed by atoms with E-state index in [4.69, 9.17) is 0 Å². The number of nitrogens with one attached hydrogen (secondary N) is 1. The third kappa shape index (κ3) is 3.85. The van der Waals surface area contributed by atoms with E-state index in [1.807, 2.05) is 63.0 Å². The van der Waals surface area contributed by atoms with Crippen LogP contribution >= 0.6 is 0 Å². The summed E-state index contributed by atoms with van der Waals surface area (Å²) < 4.78 is 0. The van der Waals surface area contributed by atoms with Crippen LogP contribution in [-0.2, 0) is 11.2 Å². The summed E-state index contributed by atoms with van der Waals surface area (Å²) in [7, 11) is 5.78. The van der Waals surface area contributed by atoms with E-state index in [-0.39, 0.29) is 11.9 Å². The molecule has 2 aromatic rings. The molecule has 2 rings (SSSR count). The Morgan fingerprint density at radius 3 is 2.38 bits per heavy atom. The molecule has 0 saturated heterocycles. The number of aryl methyl sites for hydroxylation is 3. The molecule has 1 aromatic heterocycles. The smallest absolute Gasteiger partial charge is 0.244 e. The lowest BCUT2D eigenvalue weighted by atomic mass is 9.99. The van der Waals surface area contributed by atoms with Crippen molar-refractivity contribution in [3.05, 3.63) is 52.3 Å². The van der Waals surface area contributed by atoms with Gasteiger partial charge in [-0.1, -0.05) is 24.3 Å². The first-order valence-corrected chi connectivity index (χ1v) is 8.30. The number of H-pyrrole nitrogens is 1. The second kappa shape index (κ2) is 7.62. The lowest BCUT2D eigenvalue weighted by Gasteiger charge is -2.29. The fraction of sp³-hybridized carbons (Fsp3) is 0.474. The summed E-state index contributed by atoms with van der Waals surface area (Å²) in [6.07, 6.45) is 0.810. The molecule has 0 spiro atoms. The van der Waals surface area contributed by atoms with Gasteiger partial charge in [0, 0.05) is 19.3 Å². The maximum Gasteiger partial charge on any atom is 0.244 e. The molecule has 0 unspecified atom stereocenters. The zero-order valence-corrected chi connectivity index (χ0v) is 15.6. The van der Waals surface area contributed by atoms with Crippen molar-refractivity contribution in [1.82, 2.24) is 20.0 Å². The van der Waals surface area contributed by atoms with Gasteiger partial charge in [0.2, 0.25) is 5.91 Å². The molecule has 1 N–H and O–H groups in total. The Morgan fingerprint density at radius 1 is 1.17 bits per heavy atom. The van der Waals surface area contributed by atoms with E-state index in [2.05, 4.69) is 23.2 Å². The van der Waals surface area contributed by atoms with Crippen molar-refractivity contribution < 1.29 is 4.79 Å². The molecule has 0 fully saturated rings. The van der Waals surface area contributed by atoms with Gasteiger partial charge in [0.15, 0.2) is 0 Å². The van der Waals surface area contributed by atoms with Crippen molar-refractivity contribution in [2.45, 2.75) is 33.2 Å². The molecule has 0 aliphatic rings. The summed E-state index contributed by atoms with van der Waals surface area (Å²) in [5.41, 5.74) is 5.49. The van der Waals surface area contributed by atoms with Gasteiger partial charge in [-0.3, -0.25) is 14.8 Å². The molecule has 0 saturated carbocycles. The Hall–Kier alpha value is -2.14. The molecule has 5 nitrogen and oxygen atoms in total.